The summed E-state index contributed by atoms with van der Waals surface area (Å²) in [5, 5.41) is 3.03. The van der Waals surface area contributed by atoms with Crippen molar-refractivity contribution >= 4 is 39.1 Å². The molecule has 1 amide bonds. The van der Waals surface area contributed by atoms with Crippen LogP contribution in [0.4, 0.5) is 0 Å². The van der Waals surface area contributed by atoms with Crippen molar-refractivity contribution in [2.24, 2.45) is 0 Å². The summed E-state index contributed by atoms with van der Waals surface area (Å²) in [6.45, 7) is 3.78. The monoisotopic (exact) mass is 397 g/mol. The molecule has 0 saturated heterocycles. The molecule has 0 heterocycles. The number of hydrogen-bond donors (Lipinski definition) is 1. The zero-order valence-corrected chi connectivity index (χ0v) is 16.4. The van der Waals surface area contributed by atoms with Gasteiger partial charge in [-0.3, -0.25) is 4.79 Å². The molecule has 0 aliphatic rings. The van der Waals surface area contributed by atoms with Crippen molar-refractivity contribution in [1.29, 1.82) is 0 Å². The molecule has 0 bridgehead atoms. The van der Waals surface area contributed by atoms with E-state index in [4.69, 9.17) is 11.6 Å². The third-order valence-electron chi connectivity index (χ3n) is 3.54. The lowest BCUT2D eigenvalue weighted by Gasteiger charge is -2.09. The number of carbonyl (C=O) groups is 1. The highest BCUT2D eigenvalue weighted by atomic mass is 35.5. The van der Waals surface area contributed by atoms with Crippen LogP contribution in [0, 0.1) is 0 Å². The van der Waals surface area contributed by atoms with E-state index in [1.165, 1.54) is 24.3 Å². The van der Waals surface area contributed by atoms with E-state index in [1.54, 1.807) is 25.6 Å². The summed E-state index contributed by atoms with van der Waals surface area (Å²) in [7, 11) is -3.32. The smallest absolute Gasteiger partial charge is 0.251 e. The Kier molecular flexibility index (Phi) is 6.93. The van der Waals surface area contributed by atoms with Gasteiger partial charge in [0.2, 0.25) is 0 Å². The number of nitrogens with one attached hydrogen (secondary N) is 1. The normalized spacial score (nSPS) is 11.5. The van der Waals surface area contributed by atoms with Gasteiger partial charge < -0.3 is 5.32 Å². The zero-order valence-electron chi connectivity index (χ0n) is 14.0. The minimum atomic E-state index is -3.32. The Labute approximate surface area is 157 Å². The topological polar surface area (TPSA) is 63.2 Å². The van der Waals surface area contributed by atoms with E-state index in [9.17, 15) is 13.2 Å². The van der Waals surface area contributed by atoms with Crippen LogP contribution >= 0.6 is 23.4 Å². The average molecular weight is 398 g/mol. The van der Waals surface area contributed by atoms with Gasteiger partial charge in [-0.25, -0.2) is 8.42 Å². The van der Waals surface area contributed by atoms with Gasteiger partial charge in [-0.1, -0.05) is 11.6 Å². The van der Waals surface area contributed by atoms with E-state index in [1.807, 2.05) is 24.3 Å². The van der Waals surface area contributed by atoms with Crippen LogP contribution in [0.25, 0.3) is 0 Å². The minimum absolute atomic E-state index is 0.217. The largest absolute Gasteiger partial charge is 0.351 e. The van der Waals surface area contributed by atoms with Gasteiger partial charge in [-0.05, 0) is 62.4 Å². The molecule has 0 aromatic heterocycles. The Balaban J connectivity index is 1.85. The lowest BCUT2D eigenvalue weighted by Crippen LogP contribution is -2.25. The van der Waals surface area contributed by atoms with Crippen LogP contribution < -0.4 is 5.32 Å². The number of sulfone groups is 1. The maximum atomic E-state index is 12.1. The quantitative estimate of drug-likeness (QED) is 0.565. The Bertz CT molecular complexity index is 816. The molecule has 0 radical (unpaired) electrons. The van der Waals surface area contributed by atoms with Crippen molar-refractivity contribution in [3.63, 3.8) is 0 Å². The highest BCUT2D eigenvalue weighted by Gasteiger charge is 2.19. The molecule has 134 valence electrons. The first-order valence-corrected chi connectivity index (χ1v) is 10.7. The molecule has 25 heavy (non-hydrogen) atoms. The summed E-state index contributed by atoms with van der Waals surface area (Å²) in [6, 6.07) is 13.6. The van der Waals surface area contributed by atoms with Gasteiger partial charge in [0, 0.05) is 27.8 Å². The zero-order chi connectivity index (χ0) is 18.4. The van der Waals surface area contributed by atoms with Crippen LogP contribution in [-0.4, -0.2) is 31.9 Å². The van der Waals surface area contributed by atoms with Crippen LogP contribution in [-0.2, 0) is 9.84 Å². The van der Waals surface area contributed by atoms with Crippen molar-refractivity contribution in [3.05, 3.63) is 59.1 Å². The average Bonchev–Trinajstić information content (AvgIpc) is 2.60. The van der Waals surface area contributed by atoms with Crippen LogP contribution in [0.5, 0.6) is 0 Å². The standard InChI is InChI=1S/C18H20ClNO3S2/c1-13(2)25(22,23)17-9-3-14(4-10-17)18(21)20-11-12-24-16-7-5-15(19)6-8-16/h3-10,13H,11-12H2,1-2H3,(H,20,21). The Morgan fingerprint density at radius 3 is 2.24 bits per heavy atom. The highest BCUT2D eigenvalue weighted by Crippen LogP contribution is 2.20. The van der Waals surface area contributed by atoms with Gasteiger partial charge >= 0.3 is 0 Å². The summed E-state index contributed by atoms with van der Waals surface area (Å²) in [5.74, 6) is 0.512. The fourth-order valence-corrected chi connectivity index (χ4v) is 3.99. The van der Waals surface area contributed by atoms with Crippen molar-refractivity contribution in [1.82, 2.24) is 5.32 Å². The van der Waals surface area contributed by atoms with E-state index in [2.05, 4.69) is 5.32 Å². The molecular weight excluding hydrogens is 378 g/mol. The Hall–Kier alpha value is -1.50. The summed E-state index contributed by atoms with van der Waals surface area (Å²) in [6.07, 6.45) is 0. The summed E-state index contributed by atoms with van der Waals surface area (Å²) < 4.78 is 24.1. The summed E-state index contributed by atoms with van der Waals surface area (Å²) in [4.78, 5) is 13.4. The molecule has 0 unspecified atom stereocenters. The third kappa shape index (κ3) is 5.49. The van der Waals surface area contributed by atoms with Crippen LogP contribution in [0.15, 0.2) is 58.3 Å². The molecule has 0 fully saturated rings. The van der Waals surface area contributed by atoms with E-state index >= 15 is 0 Å². The van der Waals surface area contributed by atoms with Crippen molar-refractivity contribution in [2.45, 2.75) is 28.9 Å². The van der Waals surface area contributed by atoms with E-state index in [-0.39, 0.29) is 10.8 Å². The fourth-order valence-electron chi connectivity index (χ4n) is 2.03. The van der Waals surface area contributed by atoms with Crippen LogP contribution in [0.1, 0.15) is 24.2 Å². The van der Waals surface area contributed by atoms with Gasteiger partial charge in [0.15, 0.2) is 9.84 Å². The minimum Gasteiger partial charge on any atom is -0.351 e. The first-order valence-electron chi connectivity index (χ1n) is 7.81. The first-order chi connectivity index (χ1) is 11.8. The molecule has 7 heteroatoms. The lowest BCUT2D eigenvalue weighted by molar-refractivity contribution is 0.0956. The van der Waals surface area contributed by atoms with Gasteiger partial charge in [-0.15, -0.1) is 11.8 Å². The second-order valence-electron chi connectivity index (χ2n) is 5.68. The number of rotatable bonds is 7. The van der Waals surface area contributed by atoms with Gasteiger partial charge in [-0.2, -0.15) is 0 Å². The molecular formula is C18H20ClNO3S2. The molecule has 0 aliphatic carbocycles. The predicted octanol–water partition coefficient (Wildman–Crippen LogP) is 4.04. The molecule has 0 saturated carbocycles. The molecule has 2 rings (SSSR count). The SMILES string of the molecule is CC(C)S(=O)(=O)c1ccc(C(=O)NCCSc2ccc(Cl)cc2)cc1. The number of benzene rings is 2. The molecule has 0 atom stereocenters. The van der Waals surface area contributed by atoms with Crippen molar-refractivity contribution < 1.29 is 13.2 Å². The second kappa shape index (κ2) is 8.74. The third-order valence-corrected chi connectivity index (χ3v) is 6.97. The predicted molar refractivity (Wildman–Crippen MR) is 103 cm³/mol. The van der Waals surface area contributed by atoms with Crippen molar-refractivity contribution in [3.8, 4) is 0 Å². The van der Waals surface area contributed by atoms with Gasteiger partial charge in [0.05, 0.1) is 10.1 Å². The molecule has 2 aromatic rings. The lowest BCUT2D eigenvalue weighted by atomic mass is 10.2. The number of carbonyl (C=O) groups excluding carboxylic acids is 1. The first kappa shape index (κ1) is 19.8. The van der Waals surface area contributed by atoms with Crippen molar-refractivity contribution in [2.75, 3.05) is 12.3 Å². The fraction of sp³-hybridized carbons (Fsp3) is 0.278. The summed E-state index contributed by atoms with van der Waals surface area (Å²) >= 11 is 7.46. The highest BCUT2D eigenvalue weighted by molar-refractivity contribution is 7.99. The van der Waals surface area contributed by atoms with Crippen LogP contribution in [0.3, 0.4) is 0 Å². The maximum absolute atomic E-state index is 12.1. The molecule has 4 nitrogen and oxygen atoms in total. The Morgan fingerprint density at radius 2 is 1.68 bits per heavy atom. The number of thioether (sulfide) groups is 1. The second-order valence-corrected chi connectivity index (χ2v) is 9.79. The molecule has 0 spiro atoms. The van der Waals surface area contributed by atoms with E-state index in [0.717, 1.165) is 10.6 Å². The van der Waals surface area contributed by atoms with E-state index in [0.29, 0.717) is 17.1 Å². The van der Waals surface area contributed by atoms with Gasteiger partial charge in [0.25, 0.3) is 5.91 Å². The molecule has 2 aromatic carbocycles. The Morgan fingerprint density at radius 1 is 1.08 bits per heavy atom. The molecule has 0 aliphatic heterocycles. The maximum Gasteiger partial charge on any atom is 0.251 e. The number of amides is 1. The van der Waals surface area contributed by atoms with E-state index < -0.39 is 15.1 Å². The number of halogens is 1. The van der Waals surface area contributed by atoms with Gasteiger partial charge in [0.1, 0.15) is 0 Å². The van der Waals surface area contributed by atoms with Crippen LogP contribution in [0.2, 0.25) is 5.02 Å². The number of hydrogen-bond acceptors (Lipinski definition) is 4. The summed E-state index contributed by atoms with van der Waals surface area (Å²) in [5.41, 5.74) is 0.444. The molecule has 1 N–H and O–H groups in total.